The maximum absolute atomic E-state index is 15.2. The van der Waals surface area contributed by atoms with Crippen LogP contribution in [-0.4, -0.2) is 32.0 Å². The number of hydrogen-bond acceptors (Lipinski definition) is 6. The number of alkyl halides is 3. The molecule has 6 nitrogen and oxygen atoms in total. The van der Waals surface area contributed by atoms with Gasteiger partial charge >= 0.3 is 6.18 Å². The second kappa shape index (κ2) is 17.3. The first-order valence-corrected chi connectivity index (χ1v) is 17.9. The Morgan fingerprint density at radius 2 is 1.73 bits per heavy atom. The summed E-state index contributed by atoms with van der Waals surface area (Å²) in [5, 5.41) is 29.1. The molecule has 1 aromatic rings. The zero-order valence-electron chi connectivity index (χ0n) is 30.7. The molecule has 272 valence electrons. The Labute approximate surface area is 306 Å². The summed E-state index contributed by atoms with van der Waals surface area (Å²) in [5.74, 6) is 0.124. The molecule has 0 aromatic heterocycles. The highest BCUT2D eigenvalue weighted by Gasteiger charge is 2.65. The number of allylic oxidation sites excluding steroid dienone is 11. The first-order chi connectivity index (χ1) is 24.9. The van der Waals surface area contributed by atoms with Crippen molar-refractivity contribution in [1.29, 1.82) is 15.8 Å². The van der Waals surface area contributed by atoms with Crippen LogP contribution in [0.4, 0.5) is 18.9 Å². The van der Waals surface area contributed by atoms with Crippen molar-refractivity contribution in [3.05, 3.63) is 112 Å². The number of rotatable bonds is 13. The lowest BCUT2D eigenvalue weighted by Crippen LogP contribution is -2.48. The largest absolute Gasteiger partial charge is 0.496 e. The smallest absolute Gasteiger partial charge is 0.436 e. The van der Waals surface area contributed by atoms with Gasteiger partial charge in [-0.05, 0) is 72.8 Å². The van der Waals surface area contributed by atoms with E-state index in [0.717, 1.165) is 73.3 Å². The van der Waals surface area contributed by atoms with Crippen LogP contribution in [0.25, 0.3) is 6.08 Å². The highest BCUT2D eigenvalue weighted by molar-refractivity contribution is 5.66. The molecule has 1 atom stereocenters. The van der Waals surface area contributed by atoms with Crippen LogP contribution in [0.15, 0.2) is 106 Å². The molecule has 1 unspecified atom stereocenters. The molecule has 2 aliphatic carbocycles. The lowest BCUT2D eigenvalue weighted by atomic mass is 9.75. The minimum absolute atomic E-state index is 0.0327. The Morgan fingerprint density at radius 1 is 1.02 bits per heavy atom. The number of methoxy groups -OCH3 is 1. The van der Waals surface area contributed by atoms with Gasteiger partial charge in [-0.3, -0.25) is 0 Å². The Balaban J connectivity index is 1.72. The van der Waals surface area contributed by atoms with E-state index in [4.69, 9.17) is 9.47 Å². The van der Waals surface area contributed by atoms with Gasteiger partial charge < -0.3 is 14.4 Å². The molecule has 9 heteroatoms. The zero-order chi connectivity index (χ0) is 37.9. The summed E-state index contributed by atoms with van der Waals surface area (Å²) >= 11 is 0. The number of benzene rings is 1. The molecule has 0 radical (unpaired) electrons. The van der Waals surface area contributed by atoms with E-state index in [1.54, 1.807) is 37.5 Å². The standard InChI is InChI=1S/C43H47F3N4O2/c1-6-8-22-50(23-9-7-2)36-21-20-33(39(25-36)51-5)19-18-32-24-31(26-41(3,4)27-32)14-13-17-38-37(30-49)40(34(28-47)29-48)52-42(38,43(44,45)46)35-15-11-10-12-16-35/h10-11,13-15,17-21,24-25H,6-9,12,16,22-23,26-27H2,1-5H3/b17-13+,19-18+,31-14-. The van der Waals surface area contributed by atoms with Crippen molar-refractivity contribution in [3.8, 4) is 24.0 Å². The van der Waals surface area contributed by atoms with E-state index in [9.17, 15) is 15.8 Å². The summed E-state index contributed by atoms with van der Waals surface area (Å²) in [5.41, 5.74) is -0.835. The zero-order valence-corrected chi connectivity index (χ0v) is 30.7. The van der Waals surface area contributed by atoms with Gasteiger partial charge in [0.15, 0.2) is 11.3 Å². The van der Waals surface area contributed by atoms with Gasteiger partial charge in [0.2, 0.25) is 0 Å². The first kappa shape index (κ1) is 39.6. The molecule has 0 saturated carbocycles. The molecule has 52 heavy (non-hydrogen) atoms. The number of nitrogens with zero attached hydrogens (tertiary/aromatic N) is 4. The van der Waals surface area contributed by atoms with Gasteiger partial charge in [0, 0.05) is 36.0 Å². The molecule has 1 heterocycles. The first-order valence-electron chi connectivity index (χ1n) is 17.9. The van der Waals surface area contributed by atoms with Gasteiger partial charge in [-0.1, -0.05) is 95.2 Å². The minimum Gasteiger partial charge on any atom is -0.496 e. The molecule has 0 amide bonds. The number of anilines is 1. The number of hydrogen-bond donors (Lipinski definition) is 0. The van der Waals surface area contributed by atoms with E-state index in [1.807, 2.05) is 12.2 Å². The summed E-state index contributed by atoms with van der Waals surface area (Å²) in [6.45, 7) is 10.7. The Kier molecular flexibility index (Phi) is 13.2. The molecule has 4 rings (SSSR count). The van der Waals surface area contributed by atoms with Crippen LogP contribution in [0.2, 0.25) is 0 Å². The topological polar surface area (TPSA) is 93.1 Å². The van der Waals surface area contributed by atoms with E-state index in [0.29, 0.717) is 12.8 Å². The molecular weight excluding hydrogens is 661 g/mol. The lowest BCUT2D eigenvalue weighted by molar-refractivity contribution is -0.229. The summed E-state index contributed by atoms with van der Waals surface area (Å²) in [6.07, 6.45) is 16.6. The molecule has 1 aliphatic heterocycles. The summed E-state index contributed by atoms with van der Waals surface area (Å²) < 4.78 is 56.9. The number of ether oxygens (including phenoxy) is 2. The Morgan fingerprint density at radius 3 is 2.31 bits per heavy atom. The monoisotopic (exact) mass is 708 g/mol. The highest BCUT2D eigenvalue weighted by atomic mass is 19.4. The van der Waals surface area contributed by atoms with Gasteiger partial charge in [-0.2, -0.15) is 29.0 Å². The highest BCUT2D eigenvalue weighted by Crippen LogP contribution is 2.55. The second-order valence-corrected chi connectivity index (χ2v) is 14.1. The third kappa shape index (κ3) is 8.80. The van der Waals surface area contributed by atoms with Crippen molar-refractivity contribution >= 4 is 11.8 Å². The Hall–Kier alpha value is -5.20. The Bertz CT molecular complexity index is 1860. The number of halogens is 3. The van der Waals surface area contributed by atoms with Gasteiger partial charge in [-0.25, -0.2) is 0 Å². The van der Waals surface area contributed by atoms with Crippen molar-refractivity contribution in [3.63, 3.8) is 0 Å². The fraction of sp³-hybridized carbons (Fsp3) is 0.419. The van der Waals surface area contributed by atoms with Crippen molar-refractivity contribution in [1.82, 2.24) is 0 Å². The predicted octanol–water partition coefficient (Wildman–Crippen LogP) is 11.1. The summed E-state index contributed by atoms with van der Waals surface area (Å²) in [7, 11) is 1.67. The van der Waals surface area contributed by atoms with Gasteiger partial charge in [0.05, 0.1) is 7.11 Å². The number of nitriles is 3. The fourth-order valence-corrected chi connectivity index (χ4v) is 6.99. The SMILES string of the molecule is CCCCN(CCCC)c1ccc(/C=C/C2=CC(=C/C=C/C3=C(C#N)C(=C(C#N)C#N)OC3(C3=CC=CCC3)C(F)(F)F)/CC(C)(C)C2)c(OC)c1. The van der Waals surface area contributed by atoms with Crippen molar-refractivity contribution < 1.29 is 22.6 Å². The molecule has 1 aromatic carbocycles. The molecular formula is C43H47F3N4O2. The van der Waals surface area contributed by atoms with Crippen LogP contribution in [0.3, 0.4) is 0 Å². The molecule has 0 fully saturated rings. The third-order valence-corrected chi connectivity index (χ3v) is 9.49. The summed E-state index contributed by atoms with van der Waals surface area (Å²) in [6, 6.07) is 11.3. The quantitative estimate of drug-likeness (QED) is 0.189. The average molecular weight is 709 g/mol. The van der Waals surface area contributed by atoms with Crippen LogP contribution < -0.4 is 9.64 Å². The minimum atomic E-state index is -5.00. The van der Waals surface area contributed by atoms with Crippen LogP contribution >= 0.6 is 0 Å². The number of unbranched alkanes of at least 4 members (excludes halogenated alkanes) is 2. The van der Waals surface area contributed by atoms with Crippen molar-refractivity contribution in [2.24, 2.45) is 5.41 Å². The van der Waals surface area contributed by atoms with Gasteiger partial charge in [-0.15, -0.1) is 0 Å². The lowest BCUT2D eigenvalue weighted by Gasteiger charge is -2.36. The molecule has 0 saturated heterocycles. The van der Waals surface area contributed by atoms with Crippen molar-refractivity contribution in [2.75, 3.05) is 25.1 Å². The van der Waals surface area contributed by atoms with Crippen LogP contribution in [0.1, 0.15) is 84.6 Å². The summed E-state index contributed by atoms with van der Waals surface area (Å²) in [4.78, 5) is 2.41. The van der Waals surface area contributed by atoms with E-state index in [1.165, 1.54) is 24.3 Å². The maximum atomic E-state index is 15.2. The molecule has 0 bridgehead atoms. The van der Waals surface area contributed by atoms with E-state index < -0.39 is 34.3 Å². The van der Waals surface area contributed by atoms with Gasteiger partial charge in [0.25, 0.3) is 5.60 Å². The molecule has 3 aliphatic rings. The van der Waals surface area contributed by atoms with Crippen LogP contribution in [0.5, 0.6) is 5.75 Å². The van der Waals surface area contributed by atoms with E-state index in [2.05, 4.69) is 56.9 Å². The predicted molar refractivity (Wildman–Crippen MR) is 200 cm³/mol. The van der Waals surface area contributed by atoms with Crippen LogP contribution in [0, 0.1) is 39.4 Å². The van der Waals surface area contributed by atoms with E-state index >= 15 is 13.2 Å². The molecule has 0 N–H and O–H groups in total. The third-order valence-electron chi connectivity index (χ3n) is 9.49. The fourth-order valence-electron chi connectivity index (χ4n) is 6.99. The van der Waals surface area contributed by atoms with Crippen molar-refractivity contribution in [2.45, 2.75) is 90.8 Å². The normalized spacial score (nSPS) is 20.7. The molecule has 0 spiro atoms. The average Bonchev–Trinajstić information content (AvgIpc) is 3.46. The van der Waals surface area contributed by atoms with Gasteiger partial charge in [0.1, 0.15) is 29.5 Å². The second-order valence-electron chi connectivity index (χ2n) is 14.1. The van der Waals surface area contributed by atoms with Crippen LogP contribution in [-0.2, 0) is 4.74 Å². The van der Waals surface area contributed by atoms with E-state index in [-0.39, 0.29) is 17.4 Å². The maximum Gasteiger partial charge on any atom is 0.436 e.